The van der Waals surface area contributed by atoms with Crippen LogP contribution in [0.2, 0.25) is 0 Å². The summed E-state index contributed by atoms with van der Waals surface area (Å²) in [5.41, 5.74) is 18.8. The predicted octanol–water partition coefficient (Wildman–Crippen LogP) is 9.44. The van der Waals surface area contributed by atoms with Gasteiger partial charge in [0.05, 0.1) is 67.7 Å². The van der Waals surface area contributed by atoms with Gasteiger partial charge < -0.3 is 22.3 Å². The quantitative estimate of drug-likeness (QED) is 0.0112. The smallest absolute Gasteiger partial charge is 0.296 e. The summed E-state index contributed by atoms with van der Waals surface area (Å²) in [5, 5.41) is 59.8. The SMILES string of the molecule is Nc1ccc(N=Nc2ccc(NS(=O)(=O)c3ccc(N=Nc4c(S(=O)(=O)O)cc5cc(SOOO)c(N=Nc6ccc(SOOO)cc6)c(O)c5c4N)cc3)cc2)c(N)c1. The minimum atomic E-state index is -5.04. The number of sulfonamides is 1. The van der Waals surface area contributed by atoms with Gasteiger partial charge in [-0.2, -0.15) is 23.8 Å². The van der Waals surface area contributed by atoms with Crippen LogP contribution in [-0.4, -0.2) is 37.0 Å². The molecule has 0 aliphatic carbocycles. The van der Waals surface area contributed by atoms with Crippen molar-refractivity contribution >= 4 is 112 Å². The molecule has 6 aromatic rings. The van der Waals surface area contributed by atoms with Crippen LogP contribution in [0, 0.1) is 0 Å². The molecule has 6 aromatic carbocycles. The van der Waals surface area contributed by atoms with Crippen LogP contribution < -0.4 is 21.9 Å². The van der Waals surface area contributed by atoms with Crippen LogP contribution in [0.4, 0.5) is 56.9 Å². The number of hydrogen-bond donors (Lipinski definition) is 8. The van der Waals surface area contributed by atoms with Gasteiger partial charge in [-0.15, -0.1) is 24.0 Å². The molecule has 60 heavy (non-hydrogen) atoms. The number of anilines is 4. The van der Waals surface area contributed by atoms with Gasteiger partial charge in [-0.25, -0.2) is 18.9 Å². The molecular weight excluding hydrogens is 869 g/mol. The predicted molar refractivity (Wildman–Crippen MR) is 219 cm³/mol. The number of aromatic hydroxyl groups is 1. The van der Waals surface area contributed by atoms with E-state index in [1.54, 1.807) is 30.3 Å². The summed E-state index contributed by atoms with van der Waals surface area (Å²) >= 11 is 1.06. The Kier molecular flexibility index (Phi) is 13.5. The van der Waals surface area contributed by atoms with Gasteiger partial charge in [0, 0.05) is 16.3 Å². The second-order valence-corrected chi connectivity index (χ2v) is 16.4. The highest BCUT2D eigenvalue weighted by Crippen LogP contribution is 2.49. The van der Waals surface area contributed by atoms with Gasteiger partial charge in [0.2, 0.25) is 0 Å². The van der Waals surface area contributed by atoms with Gasteiger partial charge in [-0.1, -0.05) is 10.1 Å². The Morgan fingerprint density at radius 2 is 1.20 bits per heavy atom. The fourth-order valence-electron chi connectivity index (χ4n) is 5.14. The molecule has 310 valence electrons. The molecule has 0 radical (unpaired) electrons. The lowest BCUT2D eigenvalue weighted by Gasteiger charge is -2.14. The minimum Gasteiger partial charge on any atom is -0.505 e. The lowest BCUT2D eigenvalue weighted by atomic mass is 10.1. The van der Waals surface area contributed by atoms with E-state index >= 15 is 0 Å². The molecule has 0 bridgehead atoms. The first-order valence-corrected chi connectivity index (χ1v) is 20.7. The van der Waals surface area contributed by atoms with Crippen LogP contribution in [0.3, 0.4) is 0 Å². The van der Waals surface area contributed by atoms with Crippen molar-refractivity contribution in [1.29, 1.82) is 0 Å². The largest absolute Gasteiger partial charge is 0.505 e. The van der Waals surface area contributed by atoms with E-state index in [9.17, 15) is 26.5 Å². The molecule has 0 saturated heterocycles. The number of rotatable bonds is 16. The van der Waals surface area contributed by atoms with Gasteiger partial charge in [0.15, 0.2) is 5.75 Å². The lowest BCUT2D eigenvalue weighted by Crippen LogP contribution is -2.12. The van der Waals surface area contributed by atoms with E-state index < -0.39 is 42.2 Å². The molecule has 0 aliphatic heterocycles. The molecule has 0 atom stereocenters. The van der Waals surface area contributed by atoms with Crippen molar-refractivity contribution in [3.63, 3.8) is 0 Å². The van der Waals surface area contributed by atoms with E-state index in [1.807, 2.05) is 0 Å². The van der Waals surface area contributed by atoms with Gasteiger partial charge in [0.25, 0.3) is 20.1 Å². The molecule has 0 fully saturated rings. The van der Waals surface area contributed by atoms with Crippen molar-refractivity contribution < 1.29 is 55.8 Å². The van der Waals surface area contributed by atoms with E-state index in [-0.39, 0.29) is 43.3 Å². The first-order chi connectivity index (χ1) is 28.7. The minimum absolute atomic E-state index is 0.0395. The maximum atomic E-state index is 13.2. The first-order valence-electron chi connectivity index (χ1n) is 16.3. The number of hydrogen-bond acceptors (Lipinski definition) is 22. The third-order valence-corrected chi connectivity index (χ3v) is 11.3. The second kappa shape index (κ2) is 18.7. The Labute approximate surface area is 347 Å². The van der Waals surface area contributed by atoms with Crippen LogP contribution in [0.1, 0.15) is 0 Å². The highest BCUT2D eigenvalue weighted by Gasteiger charge is 2.25. The normalized spacial score (nSPS) is 12.3. The summed E-state index contributed by atoms with van der Waals surface area (Å²) in [6, 6.07) is 24.1. The molecule has 0 saturated carbocycles. The summed E-state index contributed by atoms with van der Waals surface area (Å²) < 4.78 is 72.9. The number of nitrogen functional groups attached to an aromatic ring is 3. The molecule has 0 spiro atoms. The van der Waals surface area contributed by atoms with Crippen molar-refractivity contribution in [3.05, 3.63) is 103 Å². The average molecular weight is 897 g/mol. The summed E-state index contributed by atoms with van der Waals surface area (Å²) in [5.74, 6) is -0.652. The topological polar surface area (TPSA) is 350 Å². The molecule has 0 amide bonds. The maximum absolute atomic E-state index is 13.2. The van der Waals surface area contributed by atoms with E-state index in [1.165, 1.54) is 66.7 Å². The Morgan fingerprint density at radius 3 is 1.80 bits per heavy atom. The average Bonchev–Trinajstić information content (AvgIpc) is 3.21. The highest BCUT2D eigenvalue weighted by atomic mass is 32.2. The standard InChI is InChI=1S/C34H28N10O12S4/c35-19-1-14-27(26(36)17-19)41-38-20-2-4-23(5-3-20)44-59(48,49)25-12-8-22(9-13-25)40-43-33-29(60(50,51)52)16-18-15-28(58-56-54-47)32(34(45)30(18)31(33)37)42-39-21-6-10-24(11-7-21)57-55-53-46/h1-17,44-47H,35-37H2,(H,50,51,52). The van der Waals surface area contributed by atoms with E-state index in [2.05, 4.69) is 54.2 Å². The van der Waals surface area contributed by atoms with Crippen LogP contribution in [0.25, 0.3) is 10.8 Å². The van der Waals surface area contributed by atoms with Crippen molar-refractivity contribution in [2.45, 2.75) is 19.6 Å². The summed E-state index contributed by atoms with van der Waals surface area (Å²) in [4.78, 5) is -0.508. The van der Waals surface area contributed by atoms with E-state index in [0.717, 1.165) is 6.07 Å². The molecule has 6 rings (SSSR count). The van der Waals surface area contributed by atoms with Crippen molar-refractivity contribution in [2.75, 3.05) is 21.9 Å². The van der Waals surface area contributed by atoms with Crippen molar-refractivity contribution in [1.82, 2.24) is 0 Å². The zero-order valence-electron chi connectivity index (χ0n) is 29.9. The third-order valence-electron chi connectivity index (χ3n) is 7.87. The second-order valence-electron chi connectivity index (χ2n) is 11.8. The molecular formula is C34H28N10O12S4. The molecule has 26 heteroatoms. The highest BCUT2D eigenvalue weighted by molar-refractivity contribution is 7.95. The maximum Gasteiger partial charge on any atom is 0.296 e. The molecule has 0 unspecified atom stereocenters. The van der Waals surface area contributed by atoms with Gasteiger partial charge >= 0.3 is 0 Å². The number of nitrogens with two attached hydrogens (primary N) is 3. The summed E-state index contributed by atoms with van der Waals surface area (Å²) in [6.45, 7) is 0. The lowest BCUT2D eigenvalue weighted by molar-refractivity contribution is -0.432. The first kappa shape index (κ1) is 43.3. The van der Waals surface area contributed by atoms with Gasteiger partial charge in [0.1, 0.15) is 22.0 Å². The van der Waals surface area contributed by atoms with Crippen LogP contribution in [0.5, 0.6) is 5.75 Å². The number of azo groups is 3. The van der Waals surface area contributed by atoms with Crippen LogP contribution in [0.15, 0.2) is 153 Å². The van der Waals surface area contributed by atoms with E-state index in [0.29, 0.717) is 51.7 Å². The Balaban J connectivity index is 1.26. The number of phenols is 1. The zero-order valence-corrected chi connectivity index (χ0v) is 33.2. The zero-order chi connectivity index (χ0) is 43.0. The van der Waals surface area contributed by atoms with Gasteiger partial charge in [-0.3, -0.25) is 9.27 Å². The van der Waals surface area contributed by atoms with Crippen LogP contribution in [-0.2, 0) is 38.9 Å². The number of phenolic OH excluding ortho intramolecular Hbond substituents is 1. The summed E-state index contributed by atoms with van der Waals surface area (Å²) in [7, 11) is -9.15. The number of nitrogens with zero attached hydrogens (tertiary/aromatic N) is 6. The van der Waals surface area contributed by atoms with Crippen molar-refractivity contribution in [3.8, 4) is 5.75 Å². The number of nitrogens with one attached hydrogen (secondary N) is 1. The summed E-state index contributed by atoms with van der Waals surface area (Å²) in [6.07, 6.45) is 0. The molecule has 0 aromatic heterocycles. The molecule has 22 nitrogen and oxygen atoms in total. The van der Waals surface area contributed by atoms with Crippen molar-refractivity contribution in [2.24, 2.45) is 30.7 Å². The van der Waals surface area contributed by atoms with Crippen LogP contribution >= 0.6 is 24.1 Å². The Hall–Kier alpha value is -6.30. The third kappa shape index (κ3) is 10.5. The number of fused-ring (bicyclic) bond motifs is 1. The fourth-order valence-corrected chi connectivity index (χ4v) is 7.72. The molecule has 0 heterocycles. The molecule has 0 aliphatic rings. The van der Waals surface area contributed by atoms with Gasteiger partial charge in [-0.05, 0) is 109 Å². The monoisotopic (exact) mass is 896 g/mol. The Morgan fingerprint density at radius 1 is 0.633 bits per heavy atom. The fraction of sp³-hybridized carbons (Fsp3) is 0. The van der Waals surface area contributed by atoms with E-state index in [4.69, 9.17) is 27.7 Å². The number of benzene rings is 6. The Bertz CT molecular complexity index is 2850. The molecule has 11 N–H and O–H groups in total.